The highest BCUT2D eigenvalue weighted by molar-refractivity contribution is 7.10. The number of hydrogen-bond donors (Lipinski definition) is 4. The zero-order valence-electron chi connectivity index (χ0n) is 14.2. The maximum atomic E-state index is 10.1. The van der Waals surface area contributed by atoms with Crippen LogP contribution in [0.25, 0.3) is 0 Å². The van der Waals surface area contributed by atoms with Crippen LogP contribution >= 0.6 is 11.3 Å². The first kappa shape index (κ1) is 21.6. The Labute approximate surface area is 162 Å². The highest BCUT2D eigenvalue weighted by Gasteiger charge is 2.44. The second kappa shape index (κ2) is 9.50. The van der Waals surface area contributed by atoms with Gasteiger partial charge in [-0.3, -0.25) is 0 Å². The third-order valence-corrected chi connectivity index (χ3v) is 5.22. The van der Waals surface area contributed by atoms with Crippen LogP contribution in [-0.4, -0.2) is 64.8 Å². The molecule has 0 amide bonds. The smallest absolute Gasteiger partial charge is 0.229 e. The van der Waals surface area contributed by atoms with Gasteiger partial charge >= 0.3 is 0 Å². The first-order chi connectivity index (χ1) is 12.5. The normalized spacial score (nSPS) is 27.7. The van der Waals surface area contributed by atoms with Crippen molar-refractivity contribution in [3.8, 4) is 11.5 Å². The summed E-state index contributed by atoms with van der Waals surface area (Å²) in [5.41, 5.74) is 1.06. The van der Waals surface area contributed by atoms with E-state index in [1.165, 1.54) is 11.3 Å². The summed E-state index contributed by atoms with van der Waals surface area (Å²) in [4.78, 5) is 0.923. The van der Waals surface area contributed by atoms with Crippen molar-refractivity contribution < 1.29 is 34.6 Å². The Bertz CT molecular complexity index is 700. The van der Waals surface area contributed by atoms with Gasteiger partial charge in [0.1, 0.15) is 35.9 Å². The van der Waals surface area contributed by atoms with Crippen molar-refractivity contribution in [3.63, 3.8) is 0 Å². The Morgan fingerprint density at radius 2 is 1.74 bits per heavy atom. The van der Waals surface area contributed by atoms with E-state index in [1.807, 2.05) is 29.6 Å². The van der Waals surface area contributed by atoms with Gasteiger partial charge < -0.3 is 34.6 Å². The molecule has 1 fully saturated rings. The number of aliphatic hydroxyl groups is 4. The number of thiophene rings is 1. The lowest BCUT2D eigenvalue weighted by Gasteiger charge is -2.39. The molecular formula is C19H26O7S. The van der Waals surface area contributed by atoms with Crippen LogP contribution < -0.4 is 9.47 Å². The summed E-state index contributed by atoms with van der Waals surface area (Å²) in [6.07, 6.45) is -5.86. The van der Waals surface area contributed by atoms with Gasteiger partial charge in [0, 0.05) is 6.42 Å². The van der Waals surface area contributed by atoms with Crippen molar-refractivity contribution in [2.45, 2.75) is 44.6 Å². The van der Waals surface area contributed by atoms with E-state index in [9.17, 15) is 20.4 Å². The van der Waals surface area contributed by atoms with Crippen molar-refractivity contribution in [2.24, 2.45) is 0 Å². The fourth-order valence-corrected chi connectivity index (χ4v) is 3.62. The molecule has 0 bridgehead atoms. The average molecular weight is 398 g/mol. The zero-order valence-corrected chi connectivity index (χ0v) is 15.0. The highest BCUT2D eigenvalue weighted by atomic mass is 32.1. The minimum Gasteiger partial charge on any atom is -0.497 e. The average Bonchev–Trinajstić information content (AvgIpc) is 3.09. The second-order valence-corrected chi connectivity index (χ2v) is 7.05. The van der Waals surface area contributed by atoms with Gasteiger partial charge in [0.15, 0.2) is 0 Å². The molecule has 1 aromatic carbocycles. The van der Waals surface area contributed by atoms with E-state index >= 15 is 0 Å². The van der Waals surface area contributed by atoms with Crippen molar-refractivity contribution in [3.05, 3.63) is 46.2 Å². The summed E-state index contributed by atoms with van der Waals surface area (Å²) in [7, 11) is 1.61. The van der Waals surface area contributed by atoms with Gasteiger partial charge in [0.05, 0.1) is 18.6 Å². The molecule has 0 saturated carbocycles. The zero-order chi connectivity index (χ0) is 18.7. The number of benzene rings is 1. The third kappa shape index (κ3) is 4.78. The molecular weight excluding hydrogens is 372 g/mol. The van der Waals surface area contributed by atoms with Crippen molar-refractivity contribution in [1.29, 1.82) is 0 Å². The minimum absolute atomic E-state index is 0. The monoisotopic (exact) mass is 398 g/mol. The van der Waals surface area contributed by atoms with Crippen molar-refractivity contribution in [2.75, 3.05) is 13.7 Å². The molecule has 1 saturated heterocycles. The molecule has 3 rings (SSSR count). The molecule has 8 heteroatoms. The van der Waals surface area contributed by atoms with Crippen LogP contribution in [0.5, 0.6) is 11.5 Å². The van der Waals surface area contributed by atoms with Crippen LogP contribution in [0.4, 0.5) is 0 Å². The maximum Gasteiger partial charge on any atom is 0.229 e. The quantitative estimate of drug-likeness (QED) is 0.578. The third-order valence-electron chi connectivity index (χ3n) is 4.32. The van der Waals surface area contributed by atoms with Crippen LogP contribution in [0.1, 0.15) is 17.9 Å². The molecule has 1 aliphatic heterocycles. The van der Waals surface area contributed by atoms with Crippen LogP contribution in [0.15, 0.2) is 35.7 Å². The summed E-state index contributed by atoms with van der Waals surface area (Å²) < 4.78 is 16.3. The molecule has 4 N–H and O–H groups in total. The molecule has 0 radical (unpaired) electrons. The molecule has 2 unspecified atom stereocenters. The predicted molar refractivity (Wildman–Crippen MR) is 101 cm³/mol. The summed E-state index contributed by atoms with van der Waals surface area (Å²) in [5, 5.41) is 40.9. The molecule has 2 aromatic rings. The minimum atomic E-state index is -1.46. The number of rotatable bonds is 6. The van der Waals surface area contributed by atoms with Gasteiger partial charge in [-0.25, -0.2) is 0 Å². The molecule has 0 aliphatic carbocycles. The largest absolute Gasteiger partial charge is 0.497 e. The van der Waals surface area contributed by atoms with Crippen LogP contribution in [0, 0.1) is 0 Å². The second-order valence-electron chi connectivity index (χ2n) is 6.05. The standard InChI is InChI=1S/C18H22O7S.CH4/c1-23-11-4-2-10(3-5-11)8-14-12(6-7-26-14)24-18-17(22)16(21)15(20)13(9-19)25-18;/h2-7,13,15-22H,8-9H2,1H3;1H4/t13?,15-,16-,17?,18-;/m1./s1. The van der Waals surface area contributed by atoms with Crippen molar-refractivity contribution >= 4 is 11.3 Å². The lowest BCUT2D eigenvalue weighted by molar-refractivity contribution is -0.277. The van der Waals surface area contributed by atoms with Crippen LogP contribution in [-0.2, 0) is 11.2 Å². The molecule has 150 valence electrons. The van der Waals surface area contributed by atoms with Gasteiger partial charge in [-0.05, 0) is 29.1 Å². The Balaban J connectivity index is 0.00000261. The fraction of sp³-hybridized carbons (Fsp3) is 0.474. The lowest BCUT2D eigenvalue weighted by Crippen LogP contribution is -2.60. The van der Waals surface area contributed by atoms with E-state index in [2.05, 4.69) is 0 Å². The van der Waals surface area contributed by atoms with E-state index in [-0.39, 0.29) is 7.43 Å². The SMILES string of the molecule is C.COc1ccc(Cc2sccc2O[C@@H]2OC(CO)[C@@H](O)[C@@H](O)C2O)cc1. The summed E-state index contributed by atoms with van der Waals surface area (Å²) in [6.45, 7) is -0.493. The Kier molecular flexibility index (Phi) is 7.60. The van der Waals surface area contributed by atoms with E-state index in [0.717, 1.165) is 16.2 Å². The Morgan fingerprint density at radius 1 is 1.04 bits per heavy atom. The first-order valence-electron chi connectivity index (χ1n) is 8.20. The highest BCUT2D eigenvalue weighted by Crippen LogP contribution is 2.31. The fourth-order valence-electron chi connectivity index (χ4n) is 2.78. The number of ether oxygens (including phenoxy) is 3. The van der Waals surface area contributed by atoms with Gasteiger partial charge in [0.25, 0.3) is 0 Å². The first-order valence-corrected chi connectivity index (χ1v) is 9.08. The van der Waals surface area contributed by atoms with Gasteiger partial charge in [-0.1, -0.05) is 19.6 Å². The maximum absolute atomic E-state index is 10.1. The van der Waals surface area contributed by atoms with Gasteiger partial charge in [-0.2, -0.15) is 0 Å². The summed E-state index contributed by atoms with van der Waals surface area (Å²) >= 11 is 1.50. The number of aliphatic hydroxyl groups excluding tert-OH is 4. The molecule has 5 atom stereocenters. The molecule has 1 aliphatic rings. The van der Waals surface area contributed by atoms with Gasteiger partial charge in [0.2, 0.25) is 6.29 Å². The van der Waals surface area contributed by atoms with Gasteiger partial charge in [-0.15, -0.1) is 11.3 Å². The summed E-state index contributed by atoms with van der Waals surface area (Å²) in [6, 6.07) is 9.42. The van der Waals surface area contributed by atoms with E-state index < -0.39 is 37.3 Å². The molecule has 27 heavy (non-hydrogen) atoms. The molecule has 1 aromatic heterocycles. The van der Waals surface area contributed by atoms with Crippen LogP contribution in [0.3, 0.4) is 0 Å². The van der Waals surface area contributed by atoms with E-state index in [0.29, 0.717) is 12.2 Å². The Morgan fingerprint density at radius 3 is 2.37 bits per heavy atom. The topological polar surface area (TPSA) is 109 Å². The van der Waals surface area contributed by atoms with Crippen LogP contribution in [0.2, 0.25) is 0 Å². The molecule has 2 heterocycles. The van der Waals surface area contributed by atoms with E-state index in [4.69, 9.17) is 14.2 Å². The number of hydrogen-bond acceptors (Lipinski definition) is 8. The summed E-state index contributed by atoms with van der Waals surface area (Å²) in [5.74, 6) is 1.30. The predicted octanol–water partition coefficient (Wildman–Crippen LogP) is 1.16. The van der Waals surface area contributed by atoms with Crippen molar-refractivity contribution in [1.82, 2.24) is 0 Å². The molecule has 0 spiro atoms. The Hall–Kier alpha value is -1.68. The lowest BCUT2D eigenvalue weighted by atomic mass is 9.99. The molecule has 7 nitrogen and oxygen atoms in total. The number of methoxy groups -OCH3 is 1. The van der Waals surface area contributed by atoms with E-state index in [1.54, 1.807) is 13.2 Å².